The van der Waals surface area contributed by atoms with Gasteiger partial charge in [0.05, 0.1) is 83.2 Å². The van der Waals surface area contributed by atoms with E-state index >= 15 is 0 Å². The number of ether oxygens (including phenoxy) is 3. The van der Waals surface area contributed by atoms with Crippen LogP contribution < -0.4 is 0 Å². The maximum atomic E-state index is 11.4. The Morgan fingerprint density at radius 1 is 0.541 bits per heavy atom. The third-order valence-corrected chi connectivity index (χ3v) is 10.8. The van der Waals surface area contributed by atoms with E-state index in [4.69, 9.17) is 55.9 Å². The zero-order chi connectivity index (χ0) is 58.1. The van der Waals surface area contributed by atoms with E-state index in [0.717, 1.165) is 26.3 Å². The van der Waals surface area contributed by atoms with Gasteiger partial charge in [-0.2, -0.15) is 0 Å². The summed E-state index contributed by atoms with van der Waals surface area (Å²) in [6.07, 6.45) is 0.531. The molecule has 0 amide bonds. The zero-order valence-electron chi connectivity index (χ0n) is 41.3. The molecule has 418 valence electrons. The molecule has 30 nitrogen and oxygen atoms in total. The first-order valence-electron chi connectivity index (χ1n) is 21.4. The van der Waals surface area contributed by atoms with Gasteiger partial charge in [0.2, 0.25) is 0 Å². The minimum atomic E-state index is -1.83. The van der Waals surface area contributed by atoms with Gasteiger partial charge in [-0.25, -0.2) is 9.53 Å². The van der Waals surface area contributed by atoms with Crippen LogP contribution in [0.15, 0.2) is 12.2 Å². The van der Waals surface area contributed by atoms with Gasteiger partial charge in [0.15, 0.2) is 0 Å². The number of rotatable bonds is 21. The Hall–Kier alpha value is -8.18. The van der Waals surface area contributed by atoms with Crippen LogP contribution in [0.3, 0.4) is 0 Å². The second-order valence-corrected chi connectivity index (χ2v) is 17.2. The summed E-state index contributed by atoms with van der Waals surface area (Å²) in [6, 6.07) is 0. The molecule has 0 aromatic heterocycles. The standard InChI is InChI=1S/C11H16O8.2C11H14O7.C4H2O3.C4H8O2.C3H6O2.H2O/c1-5(8(14)15)6(9(16)17)3-11(2,10(18)19)4-7(12)13;2*1-5-6(9(15)18-8(5)14)3-11(2,10(16)17)4-7(12)13;5-3-1-2-4(6)7-3;1-2-3-4(5)6;1-2-3(4)5;/h5-6H,3-4H2,1-2H3,(H,12,13)(H,14,15)(H,16,17)(H,18,19);2*5-6H,3-4H2,1-2H3,(H,12,13)(H,16,17);1-2H;2-3H2,1H3,(H,5,6);2H2,1H3,(H,4,5);1H2/p+1. The van der Waals surface area contributed by atoms with Crippen LogP contribution >= 0.6 is 0 Å². The van der Waals surface area contributed by atoms with Gasteiger partial charge in [0, 0.05) is 12.8 Å². The van der Waals surface area contributed by atoms with Crippen LogP contribution in [0.1, 0.15) is 113 Å². The monoisotopic (exact) mass is 1070 g/mol. The van der Waals surface area contributed by atoms with Crippen molar-refractivity contribution >= 4 is 95.5 Å². The highest BCUT2D eigenvalue weighted by Gasteiger charge is 2.50. The van der Waals surface area contributed by atoms with Gasteiger partial charge in [-0.1, -0.05) is 34.6 Å². The van der Waals surface area contributed by atoms with Crippen molar-refractivity contribution in [3.8, 4) is 0 Å². The van der Waals surface area contributed by atoms with Crippen LogP contribution in [-0.4, -0.2) is 157 Å². The first-order chi connectivity index (χ1) is 33.2. The third kappa shape index (κ3) is 26.3. The van der Waals surface area contributed by atoms with Crippen molar-refractivity contribution in [2.75, 3.05) is 0 Å². The van der Waals surface area contributed by atoms with Gasteiger partial charge in [-0.15, -0.1) is 0 Å². The Morgan fingerprint density at radius 2 is 0.878 bits per heavy atom. The molecule has 3 aliphatic rings. The number of carbonyl (C=O) groups excluding carboxylic acids is 6. The van der Waals surface area contributed by atoms with Crippen LogP contribution in [0.4, 0.5) is 0 Å². The van der Waals surface area contributed by atoms with E-state index < -0.39 is 167 Å². The average molecular weight is 1070 g/mol. The van der Waals surface area contributed by atoms with Gasteiger partial charge in [-0.05, 0) is 46.5 Å². The number of cyclic esters (lactones) is 6. The molecule has 9 unspecified atom stereocenters. The first-order valence-corrected chi connectivity index (χ1v) is 21.4. The molecule has 2 fully saturated rings. The second-order valence-electron chi connectivity index (χ2n) is 17.2. The quantitative estimate of drug-likeness (QED) is 0.0332. The highest BCUT2D eigenvalue weighted by molar-refractivity contribution is 6.05. The summed E-state index contributed by atoms with van der Waals surface area (Å²) in [5.74, 6) is -22.3. The molecule has 13 N–H and O–H groups in total. The van der Waals surface area contributed by atoms with Gasteiger partial charge in [0.25, 0.3) is 0 Å². The summed E-state index contributed by atoms with van der Waals surface area (Å²) in [4.78, 5) is 170. The Bertz CT molecular complexity index is 2060. The van der Waals surface area contributed by atoms with E-state index in [1.165, 1.54) is 33.8 Å². The topological polar surface area (TPSA) is 539 Å². The molecule has 2 saturated heterocycles. The number of carboxylic acid groups (broad SMARTS) is 10. The van der Waals surface area contributed by atoms with Crippen LogP contribution in [-0.2, 0) is 86.1 Å². The molecule has 9 atom stereocenters. The summed E-state index contributed by atoms with van der Waals surface area (Å²) < 4.78 is 12.9. The van der Waals surface area contributed by atoms with Crippen molar-refractivity contribution in [2.45, 2.75) is 113 Å². The molecule has 0 aromatic rings. The van der Waals surface area contributed by atoms with Crippen LogP contribution in [0.2, 0.25) is 0 Å². The van der Waals surface area contributed by atoms with Crippen LogP contribution in [0.5, 0.6) is 0 Å². The Morgan fingerprint density at radius 3 is 1.04 bits per heavy atom. The fourth-order valence-electron chi connectivity index (χ4n) is 6.13. The Balaban J connectivity index is -0.000000422. The number of esters is 6. The smallest absolute Gasteiger partial charge is 0.481 e. The van der Waals surface area contributed by atoms with Gasteiger partial charge in [0.1, 0.15) is 0 Å². The lowest BCUT2D eigenvalue weighted by Gasteiger charge is -2.27. The summed E-state index contributed by atoms with van der Waals surface area (Å²) in [7, 11) is 0. The molecule has 0 saturated carbocycles. The second kappa shape index (κ2) is 32.7. The molecular formula is C44H63O30+. The molecule has 0 spiro atoms. The van der Waals surface area contributed by atoms with Crippen molar-refractivity contribution in [1.82, 2.24) is 0 Å². The molecule has 3 heterocycles. The lowest BCUT2D eigenvalue weighted by molar-refractivity contribution is -0.161. The van der Waals surface area contributed by atoms with Gasteiger partial charge >= 0.3 is 95.5 Å². The SMILES string of the molecule is CC(C(=O)O)C(CC(C)(CC(=O)O)C(=O)O)C(=O)O.CC1C(=O)OC(=O)C1CC(C)(CC(=O)O)C(=O)O.CC1C(=O)OC(=O)C1CC(C)(CC(=O)O)C(=O)O.CCC(=O)O.CCCC(=O)O.O.O=C1C=CC(=[OH+])O1. The molecule has 0 radical (unpaired) electrons. The van der Waals surface area contributed by atoms with Gasteiger partial charge in [-0.3, -0.25) is 67.1 Å². The van der Waals surface area contributed by atoms with E-state index in [0.29, 0.717) is 6.42 Å². The molecule has 0 aliphatic carbocycles. The minimum absolute atomic E-state index is 0. The molecule has 3 aliphatic heterocycles. The molecule has 74 heavy (non-hydrogen) atoms. The molecule has 3 rings (SSSR count). The van der Waals surface area contributed by atoms with E-state index in [-0.39, 0.29) is 30.7 Å². The van der Waals surface area contributed by atoms with Crippen molar-refractivity contribution in [2.24, 2.45) is 51.8 Å². The Kier molecular flexibility index (Phi) is 32.0. The normalized spacial score (nSPS) is 20.1. The highest BCUT2D eigenvalue weighted by atomic mass is 16.6. The fourth-order valence-corrected chi connectivity index (χ4v) is 6.13. The van der Waals surface area contributed by atoms with E-state index in [1.54, 1.807) is 6.92 Å². The average Bonchev–Trinajstić information content (AvgIpc) is 3.83. The first kappa shape index (κ1) is 72.4. The summed E-state index contributed by atoms with van der Waals surface area (Å²) >= 11 is 0. The van der Waals surface area contributed by atoms with Crippen LogP contribution in [0, 0.1) is 51.8 Å². The minimum Gasteiger partial charge on any atom is -0.481 e. The summed E-state index contributed by atoms with van der Waals surface area (Å²) in [5, 5.41) is 86.7. The van der Waals surface area contributed by atoms with E-state index in [1.807, 2.05) is 6.92 Å². The fraction of sp³-hybridized carbons (Fsp3) is 0.591. The molecule has 0 aromatic carbocycles. The van der Waals surface area contributed by atoms with Gasteiger partial charge < -0.3 is 70.8 Å². The number of aliphatic carboxylic acids is 10. The Labute approximate surface area is 419 Å². The van der Waals surface area contributed by atoms with Crippen molar-refractivity contribution in [1.29, 1.82) is 0 Å². The predicted molar refractivity (Wildman–Crippen MR) is 240 cm³/mol. The highest BCUT2D eigenvalue weighted by Crippen LogP contribution is 2.39. The molecule has 0 bridgehead atoms. The van der Waals surface area contributed by atoms with E-state index in [9.17, 15) is 71.9 Å². The summed E-state index contributed by atoms with van der Waals surface area (Å²) in [6.45, 7) is 11.1. The number of hydrogen-bond acceptors (Lipinski definition) is 18. The lowest BCUT2D eigenvalue weighted by Crippen LogP contribution is -2.38. The largest absolute Gasteiger partial charge is 0.519 e. The number of carboxylic acids is 10. The molecular weight excluding hydrogens is 1010 g/mol. The van der Waals surface area contributed by atoms with Crippen molar-refractivity contribution in [3.05, 3.63) is 12.2 Å². The zero-order valence-corrected chi connectivity index (χ0v) is 41.3. The predicted octanol–water partition coefficient (Wildman–Crippen LogP) is 1.05. The van der Waals surface area contributed by atoms with Crippen molar-refractivity contribution < 1.29 is 147 Å². The van der Waals surface area contributed by atoms with Crippen LogP contribution in [0.25, 0.3) is 0 Å². The third-order valence-electron chi connectivity index (χ3n) is 10.8. The lowest BCUT2D eigenvalue weighted by atomic mass is 9.74. The summed E-state index contributed by atoms with van der Waals surface area (Å²) in [5.41, 5.74) is -5.04. The maximum absolute atomic E-state index is 11.4. The number of hydrogen-bond donors (Lipinski definition) is 10. The van der Waals surface area contributed by atoms with E-state index in [2.05, 4.69) is 14.2 Å². The number of carbonyl (C=O) groups is 15. The maximum Gasteiger partial charge on any atom is 0.519 e. The van der Waals surface area contributed by atoms with Crippen molar-refractivity contribution in [3.63, 3.8) is 0 Å². The molecule has 30 heteroatoms.